The highest BCUT2D eigenvalue weighted by molar-refractivity contribution is 6.99. The summed E-state index contributed by atoms with van der Waals surface area (Å²) in [6, 6.07) is 40.9. The number of hydrogen-bond donors (Lipinski definition) is 3. The van der Waals surface area contributed by atoms with Crippen molar-refractivity contribution in [1.82, 2.24) is 0 Å². The first kappa shape index (κ1) is 44.3. The molecule has 298 valence electrons. The molecule has 0 aliphatic heterocycles. The fraction of sp³-hybridized carbons (Fsp3) is 0.468. The van der Waals surface area contributed by atoms with Crippen molar-refractivity contribution in [3.05, 3.63) is 121 Å². The smallest absolute Gasteiger partial charge is 0.303 e. The van der Waals surface area contributed by atoms with Crippen molar-refractivity contribution >= 4 is 43.4 Å². The number of carboxylic acid groups (broad SMARTS) is 1. The minimum atomic E-state index is -3.19. The van der Waals surface area contributed by atoms with Crippen LogP contribution in [0.4, 0.5) is 0 Å². The topological polar surface area (TPSA) is 96.2 Å². The second-order valence-corrected chi connectivity index (χ2v) is 24.5. The van der Waals surface area contributed by atoms with Gasteiger partial charge in [-0.15, -0.1) is 0 Å². The van der Waals surface area contributed by atoms with E-state index in [-0.39, 0.29) is 17.4 Å². The van der Waals surface area contributed by atoms with Gasteiger partial charge in [0.1, 0.15) is 0 Å². The molecule has 6 nitrogen and oxygen atoms in total. The second-order valence-electron chi connectivity index (χ2n) is 16.6. The minimum Gasteiger partial charge on any atom is -0.481 e. The molecule has 4 rings (SSSR count). The average Bonchev–Trinajstić information content (AvgIpc) is 3.20. The minimum absolute atomic E-state index is 0.0971. The van der Waals surface area contributed by atoms with Gasteiger partial charge in [0.2, 0.25) is 0 Å². The molecule has 0 aliphatic carbocycles. The monoisotopic (exact) mass is 782 g/mol. The summed E-state index contributed by atoms with van der Waals surface area (Å²) >= 11 is 0. The lowest BCUT2D eigenvalue weighted by Gasteiger charge is -2.43. The van der Waals surface area contributed by atoms with Crippen LogP contribution in [0.3, 0.4) is 0 Å². The van der Waals surface area contributed by atoms with Crippen molar-refractivity contribution in [2.24, 2.45) is 5.92 Å². The third-order valence-electron chi connectivity index (χ3n) is 11.5. The highest BCUT2D eigenvalue weighted by Gasteiger charge is 2.51. The zero-order valence-electron chi connectivity index (χ0n) is 33.8. The summed E-state index contributed by atoms with van der Waals surface area (Å²) in [5, 5.41) is 12.5. The van der Waals surface area contributed by atoms with Gasteiger partial charge < -0.3 is 24.2 Å². The quantitative estimate of drug-likeness (QED) is 0.0441. The zero-order chi connectivity index (χ0) is 39.6. The first-order valence-electron chi connectivity index (χ1n) is 20.5. The summed E-state index contributed by atoms with van der Waals surface area (Å²) in [4.78, 5) is 36.1. The van der Waals surface area contributed by atoms with Crippen LogP contribution < -0.4 is 20.7 Å². The molecule has 0 amide bonds. The third kappa shape index (κ3) is 12.3. The van der Waals surface area contributed by atoms with Crippen molar-refractivity contribution in [3.8, 4) is 0 Å². The van der Waals surface area contributed by atoms with Gasteiger partial charge in [-0.25, -0.2) is 0 Å². The first-order chi connectivity index (χ1) is 26.4. The maximum atomic E-state index is 12.8. The van der Waals surface area contributed by atoms with Gasteiger partial charge in [-0.3, -0.25) is 4.79 Å². The largest absolute Gasteiger partial charge is 0.481 e. The van der Waals surface area contributed by atoms with Crippen molar-refractivity contribution < 1.29 is 29.0 Å². The maximum absolute atomic E-state index is 12.8. The predicted octanol–water partition coefficient (Wildman–Crippen LogP) is 8.08. The van der Waals surface area contributed by atoms with Gasteiger partial charge in [-0.05, 0) is 62.9 Å². The highest BCUT2D eigenvalue weighted by atomic mass is 28.4. The Balaban J connectivity index is 1.30. The second kappa shape index (κ2) is 21.8. The van der Waals surface area contributed by atoms with Crippen LogP contribution in [0.5, 0.6) is 0 Å². The predicted molar refractivity (Wildman–Crippen MR) is 232 cm³/mol. The highest BCUT2D eigenvalue weighted by Crippen LogP contribution is 2.42. The molecule has 1 atom stereocenters. The number of ether oxygens (including phenoxy) is 2. The van der Waals surface area contributed by atoms with Gasteiger partial charge in [-0.1, -0.05) is 181 Å². The van der Waals surface area contributed by atoms with Crippen LogP contribution in [0.15, 0.2) is 121 Å². The van der Waals surface area contributed by atoms with E-state index in [9.17, 15) is 14.4 Å². The van der Waals surface area contributed by atoms with Gasteiger partial charge in [0, 0.05) is 25.6 Å². The maximum Gasteiger partial charge on any atom is 0.303 e. The zero-order valence-corrected chi connectivity index (χ0v) is 35.8. The molecule has 0 fully saturated rings. The molecule has 0 radical (unpaired) electrons. The molecule has 0 saturated carbocycles. The number of carboxylic acids is 1. The standard InChI is InChI=1S/C47H66O6Si2/c1-46(2,54(50,41-25-13-8-14-26-41)42-27-15-9-16-28-42)34-22-6-5-7-23-35-52-38-40(39-53-36-24-12-21-33-45(48)49)37-47(3,4)55(51,43-29-17-10-18-30-43)44-31-19-11-20-32-44/h8-11,13-20,25-32,40,50-51H,5-7,12,21-24,33-39H2,1-4H3,(H,48,49). The molecule has 0 aromatic heterocycles. The molecule has 4 aromatic rings. The molecular formula is C47H66O6Si2. The van der Waals surface area contributed by atoms with E-state index in [1.165, 1.54) is 0 Å². The van der Waals surface area contributed by atoms with E-state index in [0.717, 1.165) is 78.5 Å². The molecule has 3 N–H and O–H groups in total. The third-order valence-corrected chi connectivity index (χ3v) is 20.5. The van der Waals surface area contributed by atoms with E-state index in [0.29, 0.717) is 32.8 Å². The van der Waals surface area contributed by atoms with Crippen LogP contribution >= 0.6 is 0 Å². The van der Waals surface area contributed by atoms with E-state index in [1.54, 1.807) is 0 Å². The van der Waals surface area contributed by atoms with Crippen LogP contribution in [0.2, 0.25) is 10.1 Å². The van der Waals surface area contributed by atoms with Gasteiger partial charge in [0.25, 0.3) is 16.6 Å². The summed E-state index contributed by atoms with van der Waals surface area (Å²) in [7, 11) is -6.17. The van der Waals surface area contributed by atoms with E-state index in [4.69, 9.17) is 14.6 Å². The summed E-state index contributed by atoms with van der Waals surface area (Å²) in [5.74, 6) is -0.658. The normalized spacial score (nSPS) is 13.1. The van der Waals surface area contributed by atoms with E-state index < -0.39 is 27.6 Å². The summed E-state index contributed by atoms with van der Waals surface area (Å²) < 4.78 is 12.5. The van der Waals surface area contributed by atoms with Crippen LogP contribution in [0, 0.1) is 5.92 Å². The fourth-order valence-corrected chi connectivity index (χ4v) is 15.9. The van der Waals surface area contributed by atoms with Crippen molar-refractivity contribution in [3.63, 3.8) is 0 Å². The number of unbranched alkanes of at least 4 members (excludes halogenated alkanes) is 6. The molecule has 0 spiro atoms. The summed E-state index contributed by atoms with van der Waals surface area (Å²) in [6.45, 7) is 11.3. The Morgan fingerprint density at radius 3 is 1.27 bits per heavy atom. The molecule has 4 aromatic carbocycles. The lowest BCUT2D eigenvalue weighted by atomic mass is 9.97. The van der Waals surface area contributed by atoms with Crippen molar-refractivity contribution in [2.75, 3.05) is 26.4 Å². The summed E-state index contributed by atoms with van der Waals surface area (Å²) in [6.07, 6.45) is 9.63. The Bertz CT molecular complexity index is 1570. The number of hydrogen-bond acceptors (Lipinski definition) is 5. The number of benzene rings is 4. The average molecular weight is 783 g/mol. The molecule has 1 unspecified atom stereocenters. The van der Waals surface area contributed by atoms with Crippen LogP contribution in [-0.4, -0.2) is 63.7 Å². The number of carbonyl (C=O) groups is 1. The van der Waals surface area contributed by atoms with E-state index in [2.05, 4.69) is 76.2 Å². The van der Waals surface area contributed by atoms with Crippen molar-refractivity contribution in [1.29, 1.82) is 0 Å². The van der Waals surface area contributed by atoms with Gasteiger partial charge in [-0.2, -0.15) is 0 Å². The van der Waals surface area contributed by atoms with Gasteiger partial charge in [0.15, 0.2) is 0 Å². The molecule has 0 heterocycles. The SMILES string of the molecule is CC(C)(CCCCCCCOCC(COCCCCCC(=O)O)CC(C)(C)[Si](O)(c1ccccc1)c1ccccc1)[Si](O)(c1ccccc1)c1ccccc1. The Labute approximate surface area is 333 Å². The molecule has 0 bridgehead atoms. The van der Waals surface area contributed by atoms with E-state index in [1.807, 2.05) is 72.8 Å². The van der Waals surface area contributed by atoms with Crippen molar-refractivity contribution in [2.45, 2.75) is 108 Å². The Morgan fingerprint density at radius 2 is 0.873 bits per heavy atom. The molecule has 0 saturated heterocycles. The molecular weight excluding hydrogens is 717 g/mol. The fourth-order valence-electron chi connectivity index (χ4n) is 8.29. The first-order valence-corrected chi connectivity index (χ1v) is 24.4. The van der Waals surface area contributed by atoms with Gasteiger partial charge >= 0.3 is 5.97 Å². The lowest BCUT2D eigenvalue weighted by molar-refractivity contribution is -0.137. The van der Waals surface area contributed by atoms with Gasteiger partial charge in [0.05, 0.1) is 13.2 Å². The Morgan fingerprint density at radius 1 is 0.527 bits per heavy atom. The van der Waals surface area contributed by atoms with E-state index >= 15 is 0 Å². The molecule has 8 heteroatoms. The lowest BCUT2D eigenvalue weighted by Crippen LogP contribution is -2.65. The Hall–Kier alpha value is -3.38. The Kier molecular flexibility index (Phi) is 17.6. The number of aliphatic carboxylic acids is 1. The molecule has 55 heavy (non-hydrogen) atoms. The summed E-state index contributed by atoms with van der Waals surface area (Å²) in [5.41, 5.74) is 0. The molecule has 0 aliphatic rings. The van der Waals surface area contributed by atoms with Crippen LogP contribution in [0.1, 0.15) is 98.3 Å². The number of rotatable bonds is 26. The van der Waals surface area contributed by atoms with Crippen LogP contribution in [-0.2, 0) is 14.3 Å². The van der Waals surface area contributed by atoms with Crippen LogP contribution in [0.25, 0.3) is 0 Å².